The molecule has 1 aromatic heterocycles. The number of thiophene rings is 1. The Hall–Kier alpha value is -2.01. The molecule has 0 fully saturated rings. The number of amides is 1. The Morgan fingerprint density at radius 1 is 1.48 bits per heavy atom. The van der Waals surface area contributed by atoms with Crippen molar-refractivity contribution in [2.75, 3.05) is 13.7 Å². The molecular weight excluding hydrogens is 286 g/mol. The van der Waals surface area contributed by atoms with Crippen LogP contribution in [0.15, 0.2) is 35.7 Å². The summed E-state index contributed by atoms with van der Waals surface area (Å²) < 4.78 is 10.9. The molecule has 1 atom stereocenters. The summed E-state index contributed by atoms with van der Waals surface area (Å²) in [5.74, 6) is 1.52. The lowest BCUT2D eigenvalue weighted by Gasteiger charge is -2.24. The maximum absolute atomic E-state index is 12.2. The molecule has 0 saturated heterocycles. The molecule has 0 unspecified atom stereocenters. The van der Waals surface area contributed by atoms with Crippen molar-refractivity contribution in [3.8, 4) is 11.5 Å². The second-order valence-electron chi connectivity index (χ2n) is 4.98. The summed E-state index contributed by atoms with van der Waals surface area (Å²) in [5.41, 5.74) is 1.02. The number of carbonyl (C=O) groups is 1. The molecule has 2 heterocycles. The van der Waals surface area contributed by atoms with Gasteiger partial charge in [0.2, 0.25) is 5.91 Å². The smallest absolute Gasteiger partial charge is 0.227 e. The molecule has 21 heavy (non-hydrogen) atoms. The molecule has 0 spiro atoms. The van der Waals surface area contributed by atoms with Crippen molar-refractivity contribution in [2.24, 2.45) is 5.92 Å². The van der Waals surface area contributed by atoms with Gasteiger partial charge in [0.25, 0.3) is 0 Å². The highest BCUT2D eigenvalue weighted by Crippen LogP contribution is 2.30. The maximum atomic E-state index is 12.2. The lowest BCUT2D eigenvalue weighted by molar-refractivity contribution is -0.126. The topological polar surface area (TPSA) is 47.6 Å². The van der Waals surface area contributed by atoms with Crippen LogP contribution in [0.25, 0.3) is 0 Å². The van der Waals surface area contributed by atoms with Crippen molar-refractivity contribution >= 4 is 17.2 Å². The average Bonchev–Trinajstić information content (AvgIpc) is 3.04. The first-order valence-corrected chi connectivity index (χ1v) is 7.74. The Kier molecular flexibility index (Phi) is 4.10. The zero-order chi connectivity index (χ0) is 14.7. The molecule has 0 bridgehead atoms. The van der Waals surface area contributed by atoms with E-state index in [2.05, 4.69) is 5.32 Å². The van der Waals surface area contributed by atoms with E-state index in [4.69, 9.17) is 9.47 Å². The van der Waals surface area contributed by atoms with Crippen molar-refractivity contribution in [2.45, 2.75) is 13.0 Å². The van der Waals surface area contributed by atoms with Gasteiger partial charge in [-0.25, -0.2) is 0 Å². The minimum absolute atomic E-state index is 0.0388. The molecule has 110 valence electrons. The highest BCUT2D eigenvalue weighted by Gasteiger charge is 2.26. The highest BCUT2D eigenvalue weighted by molar-refractivity contribution is 7.09. The summed E-state index contributed by atoms with van der Waals surface area (Å²) in [6.07, 6.45) is 0.683. The van der Waals surface area contributed by atoms with Gasteiger partial charge in [-0.05, 0) is 41.6 Å². The summed E-state index contributed by atoms with van der Waals surface area (Å²) >= 11 is 1.64. The SMILES string of the molecule is COc1ccc2c(c1)C[C@@H](C(=O)NCc1cccs1)CO2. The second kappa shape index (κ2) is 6.18. The largest absolute Gasteiger partial charge is 0.497 e. The Morgan fingerprint density at radius 2 is 2.38 bits per heavy atom. The highest BCUT2D eigenvalue weighted by atomic mass is 32.1. The van der Waals surface area contributed by atoms with Crippen LogP contribution in [0.3, 0.4) is 0 Å². The van der Waals surface area contributed by atoms with Crippen LogP contribution < -0.4 is 14.8 Å². The summed E-state index contributed by atoms with van der Waals surface area (Å²) in [6, 6.07) is 9.71. The molecule has 1 amide bonds. The molecule has 1 N–H and O–H groups in total. The Bertz CT molecular complexity index is 624. The molecule has 3 rings (SSSR count). The third-order valence-electron chi connectivity index (χ3n) is 3.56. The first kappa shape index (κ1) is 13.9. The van der Waals surface area contributed by atoms with Gasteiger partial charge in [0.15, 0.2) is 0 Å². The van der Waals surface area contributed by atoms with Crippen molar-refractivity contribution in [3.63, 3.8) is 0 Å². The number of hydrogen-bond donors (Lipinski definition) is 1. The van der Waals surface area contributed by atoms with Crippen LogP contribution in [0.4, 0.5) is 0 Å². The third kappa shape index (κ3) is 3.19. The number of ether oxygens (including phenoxy) is 2. The fraction of sp³-hybridized carbons (Fsp3) is 0.312. The maximum Gasteiger partial charge on any atom is 0.227 e. The predicted octanol–water partition coefficient (Wildman–Crippen LogP) is 2.62. The number of rotatable bonds is 4. The van der Waals surface area contributed by atoms with E-state index in [1.54, 1.807) is 18.4 Å². The third-order valence-corrected chi connectivity index (χ3v) is 4.44. The normalized spacial score (nSPS) is 16.7. The van der Waals surface area contributed by atoms with Crippen molar-refractivity contribution < 1.29 is 14.3 Å². The van der Waals surface area contributed by atoms with E-state index in [0.29, 0.717) is 19.6 Å². The number of nitrogens with one attached hydrogen (secondary N) is 1. The molecule has 1 aromatic carbocycles. The number of benzene rings is 1. The van der Waals surface area contributed by atoms with E-state index in [1.807, 2.05) is 35.7 Å². The molecule has 1 aliphatic heterocycles. The van der Waals surface area contributed by atoms with E-state index in [0.717, 1.165) is 21.9 Å². The lowest BCUT2D eigenvalue weighted by atomic mass is 9.96. The summed E-state index contributed by atoms with van der Waals surface area (Å²) in [5, 5.41) is 4.98. The van der Waals surface area contributed by atoms with Crippen LogP contribution in [-0.4, -0.2) is 19.6 Å². The number of methoxy groups -OCH3 is 1. The number of fused-ring (bicyclic) bond motifs is 1. The molecule has 0 aliphatic carbocycles. The molecule has 5 heteroatoms. The summed E-state index contributed by atoms with van der Waals surface area (Å²) in [4.78, 5) is 13.4. The number of carbonyl (C=O) groups excluding carboxylic acids is 1. The van der Waals surface area contributed by atoms with Gasteiger partial charge in [-0.3, -0.25) is 4.79 Å². The van der Waals surface area contributed by atoms with Crippen LogP contribution in [0.5, 0.6) is 11.5 Å². The van der Waals surface area contributed by atoms with E-state index in [1.165, 1.54) is 0 Å². The van der Waals surface area contributed by atoms with Crippen molar-refractivity contribution in [1.29, 1.82) is 0 Å². The van der Waals surface area contributed by atoms with Gasteiger partial charge in [-0.15, -0.1) is 11.3 Å². The molecule has 2 aromatic rings. The predicted molar refractivity (Wildman–Crippen MR) is 81.8 cm³/mol. The minimum Gasteiger partial charge on any atom is -0.497 e. The molecular formula is C16H17NO3S. The summed E-state index contributed by atoms with van der Waals surface area (Å²) in [6.45, 7) is 1.01. The first-order valence-electron chi connectivity index (χ1n) is 6.86. The minimum atomic E-state index is -0.149. The zero-order valence-corrected chi connectivity index (χ0v) is 12.6. The van der Waals surface area contributed by atoms with Crippen LogP contribution >= 0.6 is 11.3 Å². The molecule has 0 radical (unpaired) electrons. The van der Waals surface area contributed by atoms with Crippen LogP contribution in [0, 0.1) is 5.92 Å². The van der Waals surface area contributed by atoms with Gasteiger partial charge in [-0.2, -0.15) is 0 Å². The Balaban J connectivity index is 1.63. The molecule has 4 nitrogen and oxygen atoms in total. The van der Waals surface area contributed by atoms with Crippen LogP contribution in [0.2, 0.25) is 0 Å². The van der Waals surface area contributed by atoms with Crippen LogP contribution in [-0.2, 0) is 17.8 Å². The van der Waals surface area contributed by atoms with Gasteiger partial charge < -0.3 is 14.8 Å². The molecule has 0 saturated carbocycles. The van der Waals surface area contributed by atoms with Crippen molar-refractivity contribution in [1.82, 2.24) is 5.32 Å². The molecule has 1 aliphatic rings. The van der Waals surface area contributed by atoms with Gasteiger partial charge in [0, 0.05) is 4.88 Å². The van der Waals surface area contributed by atoms with Crippen LogP contribution in [0.1, 0.15) is 10.4 Å². The van der Waals surface area contributed by atoms with Gasteiger partial charge in [0.1, 0.15) is 18.1 Å². The average molecular weight is 303 g/mol. The van der Waals surface area contributed by atoms with E-state index < -0.39 is 0 Å². The Labute approximate surface area is 127 Å². The standard InChI is InChI=1S/C16H17NO3S/c1-19-13-4-5-15-11(8-13)7-12(10-20-15)16(18)17-9-14-3-2-6-21-14/h2-6,8,12H,7,9-10H2,1H3,(H,17,18)/t12-/m1/s1. The second-order valence-corrected chi connectivity index (χ2v) is 6.02. The number of hydrogen-bond acceptors (Lipinski definition) is 4. The monoisotopic (exact) mass is 303 g/mol. The fourth-order valence-electron chi connectivity index (χ4n) is 2.40. The van der Waals surface area contributed by atoms with Gasteiger partial charge >= 0.3 is 0 Å². The quantitative estimate of drug-likeness (QED) is 0.944. The summed E-state index contributed by atoms with van der Waals surface area (Å²) in [7, 11) is 1.64. The van der Waals surface area contributed by atoms with Gasteiger partial charge in [0.05, 0.1) is 19.6 Å². The van der Waals surface area contributed by atoms with E-state index in [-0.39, 0.29) is 11.8 Å². The van der Waals surface area contributed by atoms with E-state index in [9.17, 15) is 4.79 Å². The van der Waals surface area contributed by atoms with E-state index >= 15 is 0 Å². The Morgan fingerprint density at radius 3 is 3.14 bits per heavy atom. The zero-order valence-electron chi connectivity index (χ0n) is 11.8. The fourth-order valence-corrected chi connectivity index (χ4v) is 3.04. The van der Waals surface area contributed by atoms with Gasteiger partial charge in [-0.1, -0.05) is 6.07 Å². The van der Waals surface area contributed by atoms with Crippen molar-refractivity contribution in [3.05, 3.63) is 46.2 Å². The first-order chi connectivity index (χ1) is 10.3. The lowest BCUT2D eigenvalue weighted by Crippen LogP contribution is -2.36.